The van der Waals surface area contributed by atoms with E-state index in [1.165, 1.54) is 42.4 Å². The highest BCUT2D eigenvalue weighted by Gasteiger charge is 2.34. The lowest BCUT2D eigenvalue weighted by Gasteiger charge is -2.29. The van der Waals surface area contributed by atoms with E-state index < -0.39 is 0 Å². The van der Waals surface area contributed by atoms with Crippen LogP contribution in [0.15, 0.2) is 18.2 Å². The van der Waals surface area contributed by atoms with Crippen molar-refractivity contribution in [2.75, 3.05) is 6.54 Å². The Morgan fingerprint density at radius 1 is 1.06 bits per heavy atom. The van der Waals surface area contributed by atoms with Crippen molar-refractivity contribution < 1.29 is 0 Å². The minimum absolute atomic E-state index is 0.288. The average Bonchev–Trinajstić information content (AvgIpc) is 2.88. The zero-order valence-corrected chi connectivity index (χ0v) is 11.3. The van der Waals surface area contributed by atoms with Gasteiger partial charge in [0.15, 0.2) is 0 Å². The fraction of sp³-hybridized carbons (Fsp3) is 0.625. The number of benzene rings is 1. The smallest absolute Gasteiger partial charge is 0.00756 e. The molecule has 0 amide bonds. The van der Waals surface area contributed by atoms with Crippen molar-refractivity contribution in [1.82, 2.24) is 0 Å². The molecule has 0 unspecified atom stereocenters. The van der Waals surface area contributed by atoms with E-state index >= 15 is 0 Å². The lowest BCUT2D eigenvalue weighted by molar-refractivity contribution is 0.452. The third-order valence-corrected chi connectivity index (χ3v) is 4.53. The third kappa shape index (κ3) is 2.26. The van der Waals surface area contributed by atoms with Crippen LogP contribution >= 0.6 is 0 Å². The Labute approximate surface area is 105 Å². The van der Waals surface area contributed by atoms with Gasteiger partial charge in [-0.25, -0.2) is 0 Å². The first-order valence-corrected chi connectivity index (χ1v) is 7.08. The van der Waals surface area contributed by atoms with E-state index in [1.807, 2.05) is 0 Å². The van der Waals surface area contributed by atoms with Crippen LogP contribution in [0.2, 0.25) is 0 Å². The summed E-state index contributed by atoms with van der Waals surface area (Å²) in [4.78, 5) is 0. The first-order chi connectivity index (χ1) is 8.25. The molecule has 0 radical (unpaired) electrons. The molecule has 94 valence electrons. The van der Waals surface area contributed by atoms with Gasteiger partial charge in [-0.1, -0.05) is 44.9 Å². The van der Waals surface area contributed by atoms with Crippen LogP contribution in [0.4, 0.5) is 0 Å². The highest BCUT2D eigenvalue weighted by molar-refractivity contribution is 5.37. The molecular formula is C16H25N. The second-order valence-corrected chi connectivity index (χ2v) is 5.38. The largest absolute Gasteiger partial charge is 0.330 e. The maximum absolute atomic E-state index is 6.06. The summed E-state index contributed by atoms with van der Waals surface area (Å²) >= 11 is 0. The third-order valence-electron chi connectivity index (χ3n) is 4.53. The minimum Gasteiger partial charge on any atom is -0.330 e. The summed E-state index contributed by atoms with van der Waals surface area (Å²) < 4.78 is 0. The summed E-state index contributed by atoms with van der Waals surface area (Å²) in [5, 5.41) is 0. The van der Waals surface area contributed by atoms with Crippen molar-refractivity contribution in [3.63, 3.8) is 0 Å². The normalized spacial score (nSPS) is 18.5. The van der Waals surface area contributed by atoms with Gasteiger partial charge in [0, 0.05) is 12.0 Å². The average molecular weight is 231 g/mol. The lowest BCUT2D eigenvalue weighted by atomic mass is 9.77. The predicted octanol–water partition coefficient (Wildman–Crippen LogP) is 3.58. The lowest BCUT2D eigenvalue weighted by Crippen LogP contribution is -2.32. The topological polar surface area (TPSA) is 26.0 Å². The van der Waals surface area contributed by atoms with E-state index in [-0.39, 0.29) is 5.41 Å². The summed E-state index contributed by atoms with van der Waals surface area (Å²) in [6.45, 7) is 5.30. The van der Waals surface area contributed by atoms with Crippen LogP contribution in [0.25, 0.3) is 0 Å². The SMILES string of the molecule is CCc1ccc(C2(CN)CCCC2)cc1CC. The van der Waals surface area contributed by atoms with Gasteiger partial charge < -0.3 is 5.73 Å². The number of aryl methyl sites for hydroxylation is 2. The van der Waals surface area contributed by atoms with Gasteiger partial charge in [-0.2, -0.15) is 0 Å². The van der Waals surface area contributed by atoms with Crippen LogP contribution < -0.4 is 5.73 Å². The molecule has 0 heterocycles. The Hall–Kier alpha value is -0.820. The molecule has 0 spiro atoms. The first kappa shape index (κ1) is 12.6. The van der Waals surface area contributed by atoms with Gasteiger partial charge >= 0.3 is 0 Å². The van der Waals surface area contributed by atoms with Gasteiger partial charge in [-0.15, -0.1) is 0 Å². The van der Waals surface area contributed by atoms with Gasteiger partial charge in [0.1, 0.15) is 0 Å². The molecule has 0 saturated heterocycles. The quantitative estimate of drug-likeness (QED) is 0.842. The van der Waals surface area contributed by atoms with Crippen molar-refractivity contribution in [3.05, 3.63) is 34.9 Å². The maximum atomic E-state index is 6.06. The molecule has 1 saturated carbocycles. The Morgan fingerprint density at radius 2 is 1.71 bits per heavy atom. The second kappa shape index (κ2) is 5.22. The van der Waals surface area contributed by atoms with E-state index in [2.05, 4.69) is 32.0 Å². The molecule has 1 aromatic carbocycles. The molecule has 1 aliphatic carbocycles. The highest BCUT2D eigenvalue weighted by Crippen LogP contribution is 2.40. The van der Waals surface area contributed by atoms with Crippen molar-refractivity contribution in [1.29, 1.82) is 0 Å². The van der Waals surface area contributed by atoms with Gasteiger partial charge in [0.2, 0.25) is 0 Å². The molecule has 1 heteroatoms. The molecule has 1 fully saturated rings. The monoisotopic (exact) mass is 231 g/mol. The van der Waals surface area contributed by atoms with E-state index in [1.54, 1.807) is 0 Å². The number of rotatable bonds is 4. The number of nitrogens with two attached hydrogens (primary N) is 1. The van der Waals surface area contributed by atoms with E-state index in [0.29, 0.717) is 0 Å². The van der Waals surface area contributed by atoms with Crippen molar-refractivity contribution in [2.45, 2.75) is 57.8 Å². The number of hydrogen-bond donors (Lipinski definition) is 1. The predicted molar refractivity (Wildman–Crippen MR) is 74.4 cm³/mol. The van der Waals surface area contributed by atoms with Gasteiger partial charge in [0.25, 0.3) is 0 Å². The van der Waals surface area contributed by atoms with Crippen LogP contribution in [0.1, 0.15) is 56.2 Å². The second-order valence-electron chi connectivity index (χ2n) is 5.38. The van der Waals surface area contributed by atoms with Crippen molar-refractivity contribution in [2.24, 2.45) is 5.73 Å². The molecule has 2 N–H and O–H groups in total. The molecule has 0 aliphatic heterocycles. The Kier molecular flexibility index (Phi) is 3.88. The van der Waals surface area contributed by atoms with Crippen LogP contribution in [0, 0.1) is 0 Å². The van der Waals surface area contributed by atoms with Gasteiger partial charge in [-0.3, -0.25) is 0 Å². The van der Waals surface area contributed by atoms with Gasteiger partial charge in [0.05, 0.1) is 0 Å². The molecule has 1 aliphatic rings. The molecule has 0 atom stereocenters. The van der Waals surface area contributed by atoms with Crippen LogP contribution in [0.5, 0.6) is 0 Å². The van der Waals surface area contributed by atoms with Crippen LogP contribution in [0.3, 0.4) is 0 Å². The minimum atomic E-state index is 0.288. The summed E-state index contributed by atoms with van der Waals surface area (Å²) in [5.41, 5.74) is 10.9. The number of hydrogen-bond acceptors (Lipinski definition) is 1. The zero-order valence-electron chi connectivity index (χ0n) is 11.3. The van der Waals surface area contributed by atoms with E-state index in [9.17, 15) is 0 Å². The first-order valence-electron chi connectivity index (χ1n) is 7.08. The fourth-order valence-corrected chi connectivity index (χ4v) is 3.29. The van der Waals surface area contributed by atoms with Gasteiger partial charge in [-0.05, 0) is 42.4 Å². The summed E-state index contributed by atoms with van der Waals surface area (Å²) in [6.07, 6.45) is 7.51. The zero-order chi connectivity index (χ0) is 12.3. The molecule has 17 heavy (non-hydrogen) atoms. The van der Waals surface area contributed by atoms with E-state index in [0.717, 1.165) is 19.4 Å². The fourth-order valence-electron chi connectivity index (χ4n) is 3.29. The summed E-state index contributed by atoms with van der Waals surface area (Å²) in [6, 6.07) is 7.08. The molecule has 1 nitrogen and oxygen atoms in total. The Bertz CT molecular complexity index is 375. The summed E-state index contributed by atoms with van der Waals surface area (Å²) in [7, 11) is 0. The standard InChI is InChI=1S/C16H25N/c1-3-13-7-8-15(11-14(13)4-2)16(12-17)9-5-6-10-16/h7-8,11H,3-6,9-10,12,17H2,1-2H3. The summed E-state index contributed by atoms with van der Waals surface area (Å²) in [5.74, 6) is 0. The Balaban J connectivity index is 2.38. The Morgan fingerprint density at radius 3 is 2.24 bits per heavy atom. The molecule has 0 bridgehead atoms. The molecule has 0 aromatic heterocycles. The molecule has 1 aromatic rings. The molecular weight excluding hydrogens is 206 g/mol. The van der Waals surface area contributed by atoms with Crippen LogP contribution in [-0.2, 0) is 18.3 Å². The van der Waals surface area contributed by atoms with Crippen LogP contribution in [-0.4, -0.2) is 6.54 Å². The van der Waals surface area contributed by atoms with Crippen molar-refractivity contribution in [3.8, 4) is 0 Å². The highest BCUT2D eigenvalue weighted by atomic mass is 14.6. The molecule has 2 rings (SSSR count). The maximum Gasteiger partial charge on any atom is 0.00756 e. The van der Waals surface area contributed by atoms with Crippen molar-refractivity contribution >= 4 is 0 Å². The van der Waals surface area contributed by atoms with E-state index in [4.69, 9.17) is 5.73 Å².